The van der Waals surface area contributed by atoms with Gasteiger partial charge in [-0.15, -0.1) is 10.2 Å². The van der Waals surface area contributed by atoms with Gasteiger partial charge in [-0.3, -0.25) is 9.58 Å². The molecule has 15 heteroatoms. The quantitative estimate of drug-likeness (QED) is 0.194. The zero-order valence-electron chi connectivity index (χ0n) is 27.7. The molecule has 3 aromatic heterocycles. The Kier molecular flexibility index (Phi) is 11.1. The van der Waals surface area contributed by atoms with Crippen LogP contribution in [-0.4, -0.2) is 103 Å². The summed E-state index contributed by atoms with van der Waals surface area (Å²) in [6.45, 7) is 10.9. The summed E-state index contributed by atoms with van der Waals surface area (Å²) < 4.78 is 27.0. The van der Waals surface area contributed by atoms with Crippen LogP contribution in [0.4, 0.5) is 11.6 Å². The smallest absolute Gasteiger partial charge is 0.257 e. The highest BCUT2D eigenvalue weighted by molar-refractivity contribution is 5.67. The van der Waals surface area contributed by atoms with E-state index in [-0.39, 0.29) is 12.2 Å². The molecule has 4 aromatic rings. The largest absolute Gasteiger partial charge is 0.487 e. The minimum Gasteiger partial charge on any atom is -0.487 e. The van der Waals surface area contributed by atoms with Crippen LogP contribution in [0.1, 0.15) is 58.1 Å². The number of aromatic nitrogens is 8. The first-order valence-corrected chi connectivity index (χ1v) is 16.6. The first-order valence-electron chi connectivity index (χ1n) is 16.6. The molecular formula is C33H43N11O4. The lowest BCUT2D eigenvalue weighted by Crippen LogP contribution is -2.45. The summed E-state index contributed by atoms with van der Waals surface area (Å²) in [5.74, 6) is 1.38. The third kappa shape index (κ3) is 8.62. The first kappa shape index (κ1) is 33.3. The molecule has 1 N–H and O–H groups in total. The molecule has 1 aliphatic carbocycles. The van der Waals surface area contributed by atoms with Crippen molar-refractivity contribution in [3.8, 4) is 28.8 Å². The molecule has 6 rings (SSSR count). The SMILES string of the molecule is CC(C)OCCOc1nn([C@H]2CC[C@H](N3CCOCC3)CC2)cc1Nc1ncc(-c2ccc(C#N)c(O[C@@H](C)Cn3cnnn3)c2)cn1. The topological polar surface area (TPSA) is 163 Å². The number of tetrazole rings is 1. The van der Waals surface area contributed by atoms with Crippen LogP contribution in [0.3, 0.4) is 0 Å². The van der Waals surface area contributed by atoms with Gasteiger partial charge < -0.3 is 24.3 Å². The van der Waals surface area contributed by atoms with Crippen molar-refractivity contribution in [1.82, 2.24) is 44.9 Å². The van der Waals surface area contributed by atoms with Gasteiger partial charge >= 0.3 is 0 Å². The van der Waals surface area contributed by atoms with Crippen molar-refractivity contribution in [1.29, 1.82) is 5.26 Å². The summed E-state index contributed by atoms with van der Waals surface area (Å²) in [6, 6.07) is 8.50. The van der Waals surface area contributed by atoms with E-state index in [9.17, 15) is 5.26 Å². The number of nitrogens with zero attached hydrogens (tertiary/aromatic N) is 10. The maximum absolute atomic E-state index is 9.66. The highest BCUT2D eigenvalue weighted by atomic mass is 16.5. The maximum Gasteiger partial charge on any atom is 0.257 e. The fourth-order valence-electron chi connectivity index (χ4n) is 6.14. The Hall–Kier alpha value is -4.65. The highest BCUT2D eigenvalue weighted by Crippen LogP contribution is 2.35. The van der Waals surface area contributed by atoms with Crippen molar-refractivity contribution in [2.75, 3.05) is 44.8 Å². The second-order valence-corrected chi connectivity index (χ2v) is 12.4. The van der Waals surface area contributed by atoms with Gasteiger partial charge in [-0.1, -0.05) is 6.07 Å². The third-order valence-electron chi connectivity index (χ3n) is 8.57. The molecule has 254 valence electrons. The molecule has 4 heterocycles. The maximum atomic E-state index is 9.66. The van der Waals surface area contributed by atoms with Crippen LogP contribution in [0.25, 0.3) is 11.1 Å². The summed E-state index contributed by atoms with van der Waals surface area (Å²) in [6.07, 6.45) is 11.2. The Morgan fingerprint density at radius 3 is 2.50 bits per heavy atom. The zero-order chi connectivity index (χ0) is 33.3. The molecule has 1 saturated carbocycles. The molecule has 15 nitrogen and oxygen atoms in total. The van der Waals surface area contributed by atoms with E-state index < -0.39 is 0 Å². The minimum atomic E-state index is -0.271. The predicted octanol–water partition coefficient (Wildman–Crippen LogP) is 4.03. The summed E-state index contributed by atoms with van der Waals surface area (Å²) in [7, 11) is 0. The monoisotopic (exact) mass is 657 g/mol. The van der Waals surface area contributed by atoms with Gasteiger partial charge in [0, 0.05) is 37.1 Å². The van der Waals surface area contributed by atoms with Crippen LogP contribution < -0.4 is 14.8 Å². The number of hydrogen-bond donors (Lipinski definition) is 1. The molecule has 2 fully saturated rings. The highest BCUT2D eigenvalue weighted by Gasteiger charge is 2.29. The fraction of sp³-hybridized carbons (Fsp3) is 0.545. The van der Waals surface area contributed by atoms with E-state index in [4.69, 9.17) is 24.0 Å². The number of morpholine rings is 1. The van der Waals surface area contributed by atoms with E-state index in [2.05, 4.69) is 41.8 Å². The van der Waals surface area contributed by atoms with Crippen LogP contribution in [-0.2, 0) is 16.0 Å². The van der Waals surface area contributed by atoms with E-state index >= 15 is 0 Å². The van der Waals surface area contributed by atoms with E-state index in [0.29, 0.717) is 60.7 Å². The average molecular weight is 658 g/mol. The van der Waals surface area contributed by atoms with Crippen molar-refractivity contribution in [2.24, 2.45) is 0 Å². The second-order valence-electron chi connectivity index (χ2n) is 12.4. The van der Waals surface area contributed by atoms with Crippen molar-refractivity contribution in [2.45, 2.75) is 77.3 Å². The summed E-state index contributed by atoms with van der Waals surface area (Å²) in [5.41, 5.74) is 2.73. The van der Waals surface area contributed by atoms with Crippen LogP contribution in [0.15, 0.2) is 43.1 Å². The number of rotatable bonds is 14. The lowest BCUT2D eigenvalue weighted by molar-refractivity contribution is 0.00501. The van der Waals surface area contributed by atoms with Gasteiger partial charge in [-0.2, -0.15) is 5.26 Å². The Morgan fingerprint density at radius 1 is 1.02 bits per heavy atom. The Bertz CT molecular complexity index is 1620. The second kappa shape index (κ2) is 16.0. The molecule has 1 aliphatic heterocycles. The number of anilines is 2. The van der Waals surface area contributed by atoms with Gasteiger partial charge in [0.2, 0.25) is 5.95 Å². The lowest BCUT2D eigenvalue weighted by atomic mass is 9.90. The van der Waals surface area contributed by atoms with Gasteiger partial charge in [0.1, 0.15) is 36.5 Å². The molecule has 0 radical (unpaired) electrons. The van der Waals surface area contributed by atoms with Gasteiger partial charge in [-0.05, 0) is 74.6 Å². The normalized spacial score (nSPS) is 19.1. The number of hydrogen-bond acceptors (Lipinski definition) is 13. The van der Waals surface area contributed by atoms with Crippen molar-refractivity contribution in [3.63, 3.8) is 0 Å². The van der Waals surface area contributed by atoms with Crippen molar-refractivity contribution >= 4 is 11.6 Å². The zero-order valence-corrected chi connectivity index (χ0v) is 27.7. The van der Waals surface area contributed by atoms with Crippen LogP contribution in [0.5, 0.6) is 11.6 Å². The van der Waals surface area contributed by atoms with E-state index in [1.54, 1.807) is 23.1 Å². The summed E-state index contributed by atoms with van der Waals surface area (Å²) in [4.78, 5) is 11.8. The molecule has 0 unspecified atom stereocenters. The van der Waals surface area contributed by atoms with Crippen LogP contribution in [0.2, 0.25) is 0 Å². The standard InChI is InChI=1S/C33H43N11O4/c1-23(2)46-14-15-47-32-30(21-44(39-32)29-8-6-28(7-9-29)42-10-12-45-13-11-42)38-33-35-18-27(19-36-33)25-4-5-26(17-34)31(16-25)48-24(3)20-43-22-37-40-41-43/h4-5,16,18-19,21-24,28-29H,6-15,20H2,1-3H3,(H,35,36,38)/t24-,28-,29-/m0/s1. The molecule has 48 heavy (non-hydrogen) atoms. The number of benzene rings is 1. The molecule has 1 atom stereocenters. The Morgan fingerprint density at radius 2 is 1.79 bits per heavy atom. The Balaban J connectivity index is 1.13. The predicted molar refractivity (Wildman–Crippen MR) is 176 cm³/mol. The van der Waals surface area contributed by atoms with E-state index in [1.165, 1.54) is 6.33 Å². The minimum absolute atomic E-state index is 0.122. The molecule has 0 bridgehead atoms. The molecule has 0 spiro atoms. The third-order valence-corrected chi connectivity index (χ3v) is 8.57. The number of ether oxygens (including phenoxy) is 4. The molecule has 1 aromatic carbocycles. The Labute approximate surface area is 280 Å². The molecule has 0 amide bonds. The molecule has 2 aliphatic rings. The van der Waals surface area contributed by atoms with Gasteiger partial charge in [-0.25, -0.2) is 14.6 Å². The van der Waals surface area contributed by atoms with Gasteiger partial charge in [0.05, 0.1) is 50.3 Å². The molecular weight excluding hydrogens is 614 g/mol. The average Bonchev–Trinajstić information content (AvgIpc) is 3.77. The van der Waals surface area contributed by atoms with Crippen molar-refractivity contribution < 1.29 is 18.9 Å². The fourth-order valence-corrected chi connectivity index (χ4v) is 6.14. The number of nitriles is 1. The number of nitrogens with one attached hydrogen (secondary N) is 1. The summed E-state index contributed by atoms with van der Waals surface area (Å²) in [5, 5.41) is 29.0. The van der Waals surface area contributed by atoms with E-state index in [0.717, 1.165) is 63.1 Å². The van der Waals surface area contributed by atoms with Crippen molar-refractivity contribution in [3.05, 3.63) is 48.7 Å². The van der Waals surface area contributed by atoms with Crippen LogP contribution >= 0.6 is 0 Å². The van der Waals surface area contributed by atoms with E-state index in [1.807, 2.05) is 43.8 Å². The summed E-state index contributed by atoms with van der Waals surface area (Å²) >= 11 is 0. The lowest BCUT2D eigenvalue weighted by Gasteiger charge is -2.38. The van der Waals surface area contributed by atoms with Gasteiger partial charge in [0.15, 0.2) is 0 Å². The molecule has 1 saturated heterocycles. The van der Waals surface area contributed by atoms with Gasteiger partial charge in [0.25, 0.3) is 5.88 Å². The van der Waals surface area contributed by atoms with Crippen LogP contribution in [0, 0.1) is 11.3 Å². The first-order chi connectivity index (χ1) is 23.4.